The average Bonchev–Trinajstić information content (AvgIpc) is 3.49. The number of hydrogen-bond donors (Lipinski definition) is 0. The molecule has 6 atom stereocenters. The highest BCUT2D eigenvalue weighted by Crippen LogP contribution is 2.38. The van der Waals surface area contributed by atoms with Gasteiger partial charge in [0, 0.05) is 26.4 Å². The third-order valence-electron chi connectivity index (χ3n) is 5.48. The van der Waals surface area contributed by atoms with E-state index in [1.54, 1.807) is 0 Å². The summed E-state index contributed by atoms with van der Waals surface area (Å²) >= 11 is 0. The Morgan fingerprint density at radius 2 is 1.10 bits per heavy atom. The second-order valence-corrected chi connectivity index (χ2v) is 8.14. The van der Waals surface area contributed by atoms with Gasteiger partial charge < -0.3 is 28.4 Å². The van der Waals surface area contributed by atoms with E-state index in [-0.39, 0.29) is 36.8 Å². The first kappa shape index (κ1) is 25.0. The molecule has 2 aliphatic rings. The van der Waals surface area contributed by atoms with Gasteiger partial charge >= 0.3 is 0 Å². The average molecular weight is 417 g/mol. The van der Waals surface area contributed by atoms with Crippen molar-refractivity contribution in [1.82, 2.24) is 0 Å². The summed E-state index contributed by atoms with van der Waals surface area (Å²) in [7, 11) is 0. The molecule has 2 fully saturated rings. The molecule has 0 spiro atoms. The highest BCUT2D eigenvalue weighted by Gasteiger charge is 2.58. The molecule has 0 aromatic heterocycles. The standard InChI is InChI=1S/C23H44O6/c1-5-9-13-24-17-18-19(25-14-10-6-2)20(26-15-11-7-3)21(27-16-12-8-4)22-23(28-18)29-22/h18-23H,5-17H2,1-4H3/t18-,19-,20+,21-,22?,23?/m1/s1. The quantitative estimate of drug-likeness (QED) is 0.257. The highest BCUT2D eigenvalue weighted by atomic mass is 16.8. The fourth-order valence-electron chi connectivity index (χ4n) is 3.54. The molecule has 2 saturated heterocycles. The monoisotopic (exact) mass is 416 g/mol. The summed E-state index contributed by atoms with van der Waals surface area (Å²) in [5.74, 6) is 0. The second-order valence-electron chi connectivity index (χ2n) is 8.14. The topological polar surface area (TPSA) is 58.7 Å². The van der Waals surface area contributed by atoms with Crippen LogP contribution in [0.3, 0.4) is 0 Å². The minimum absolute atomic E-state index is 0.0728. The lowest BCUT2D eigenvalue weighted by Gasteiger charge is -2.35. The summed E-state index contributed by atoms with van der Waals surface area (Å²) in [6.45, 7) is 12.0. The molecule has 0 saturated carbocycles. The molecule has 6 heteroatoms. The van der Waals surface area contributed by atoms with Crippen LogP contribution in [0.2, 0.25) is 0 Å². The Kier molecular flexibility index (Phi) is 12.7. The molecule has 6 nitrogen and oxygen atoms in total. The van der Waals surface area contributed by atoms with E-state index in [1.807, 2.05) is 0 Å². The summed E-state index contributed by atoms with van der Waals surface area (Å²) in [6.07, 6.45) is 7.45. The summed E-state index contributed by atoms with van der Waals surface area (Å²) in [5, 5.41) is 0. The van der Waals surface area contributed by atoms with Gasteiger partial charge in [0.25, 0.3) is 0 Å². The molecule has 0 N–H and O–H groups in total. The van der Waals surface area contributed by atoms with Crippen molar-refractivity contribution < 1.29 is 28.4 Å². The molecule has 29 heavy (non-hydrogen) atoms. The zero-order valence-electron chi connectivity index (χ0n) is 19.1. The van der Waals surface area contributed by atoms with E-state index in [0.29, 0.717) is 26.4 Å². The summed E-state index contributed by atoms with van der Waals surface area (Å²) in [6, 6.07) is 0. The predicted molar refractivity (Wildman–Crippen MR) is 113 cm³/mol. The van der Waals surface area contributed by atoms with Gasteiger partial charge in [-0.2, -0.15) is 0 Å². The van der Waals surface area contributed by atoms with Gasteiger partial charge in [0.2, 0.25) is 0 Å². The van der Waals surface area contributed by atoms with Crippen molar-refractivity contribution in [1.29, 1.82) is 0 Å². The largest absolute Gasteiger partial charge is 0.379 e. The molecular weight excluding hydrogens is 372 g/mol. The van der Waals surface area contributed by atoms with Crippen molar-refractivity contribution in [3.8, 4) is 0 Å². The van der Waals surface area contributed by atoms with Gasteiger partial charge in [0.15, 0.2) is 6.29 Å². The number of unbranched alkanes of at least 4 members (excludes halogenated alkanes) is 4. The van der Waals surface area contributed by atoms with E-state index >= 15 is 0 Å². The van der Waals surface area contributed by atoms with Crippen LogP contribution in [-0.2, 0) is 28.4 Å². The molecular formula is C23H44O6. The first-order chi connectivity index (χ1) is 14.3. The minimum atomic E-state index is -0.238. The normalized spacial score (nSPS) is 31.4. The van der Waals surface area contributed by atoms with E-state index in [0.717, 1.165) is 58.0 Å². The van der Waals surface area contributed by atoms with Gasteiger partial charge in [-0.05, 0) is 25.7 Å². The molecule has 172 valence electrons. The molecule has 0 aromatic carbocycles. The van der Waals surface area contributed by atoms with Crippen LogP contribution in [0.5, 0.6) is 0 Å². The Morgan fingerprint density at radius 3 is 1.69 bits per heavy atom. The summed E-state index contributed by atoms with van der Waals surface area (Å²) in [5.41, 5.74) is 0. The highest BCUT2D eigenvalue weighted by molar-refractivity contribution is 5.00. The van der Waals surface area contributed by atoms with E-state index < -0.39 is 0 Å². The molecule has 2 rings (SSSR count). The maximum absolute atomic E-state index is 6.38. The number of epoxide rings is 1. The Balaban J connectivity index is 2.11. The zero-order chi connectivity index (χ0) is 20.9. The Hall–Kier alpha value is -0.240. The van der Waals surface area contributed by atoms with Gasteiger partial charge in [-0.15, -0.1) is 0 Å². The number of rotatable bonds is 17. The van der Waals surface area contributed by atoms with Gasteiger partial charge in [-0.1, -0.05) is 53.4 Å². The van der Waals surface area contributed by atoms with Crippen molar-refractivity contribution in [2.75, 3.05) is 33.0 Å². The first-order valence-corrected chi connectivity index (χ1v) is 12.0. The van der Waals surface area contributed by atoms with Crippen LogP contribution in [0.1, 0.15) is 79.1 Å². The van der Waals surface area contributed by atoms with Gasteiger partial charge in [-0.3, -0.25) is 0 Å². The molecule has 0 bridgehead atoms. The van der Waals surface area contributed by atoms with Crippen LogP contribution in [-0.4, -0.2) is 69.8 Å². The molecule has 0 amide bonds. The lowest BCUT2D eigenvalue weighted by atomic mass is 10.0. The van der Waals surface area contributed by atoms with Crippen LogP contribution in [0, 0.1) is 0 Å². The first-order valence-electron chi connectivity index (χ1n) is 12.0. The van der Waals surface area contributed by atoms with Crippen LogP contribution in [0.4, 0.5) is 0 Å². The molecule has 0 aliphatic carbocycles. The van der Waals surface area contributed by atoms with Crippen LogP contribution in [0.15, 0.2) is 0 Å². The van der Waals surface area contributed by atoms with Crippen molar-refractivity contribution in [3.05, 3.63) is 0 Å². The maximum Gasteiger partial charge on any atom is 0.187 e. The number of hydrogen-bond acceptors (Lipinski definition) is 6. The SMILES string of the molecule is CCCCOC[C@H]1OC2OC2[C@H](OCCCC)[C@@H](OCCCC)[C@@H]1OCCCC. The molecule has 2 heterocycles. The summed E-state index contributed by atoms with van der Waals surface area (Å²) < 4.78 is 37.0. The van der Waals surface area contributed by atoms with Crippen molar-refractivity contribution in [2.24, 2.45) is 0 Å². The van der Waals surface area contributed by atoms with E-state index in [1.165, 1.54) is 0 Å². The lowest BCUT2D eigenvalue weighted by molar-refractivity contribution is -0.192. The Morgan fingerprint density at radius 1 is 0.586 bits per heavy atom. The van der Waals surface area contributed by atoms with Crippen molar-refractivity contribution >= 4 is 0 Å². The van der Waals surface area contributed by atoms with Crippen LogP contribution < -0.4 is 0 Å². The van der Waals surface area contributed by atoms with Crippen molar-refractivity contribution in [2.45, 2.75) is 116 Å². The number of ether oxygens (including phenoxy) is 6. The fourth-order valence-corrected chi connectivity index (χ4v) is 3.54. The zero-order valence-corrected chi connectivity index (χ0v) is 19.1. The maximum atomic E-state index is 6.38. The van der Waals surface area contributed by atoms with Crippen molar-refractivity contribution in [3.63, 3.8) is 0 Å². The van der Waals surface area contributed by atoms with E-state index in [4.69, 9.17) is 28.4 Å². The second kappa shape index (κ2) is 14.7. The smallest absolute Gasteiger partial charge is 0.187 e. The summed E-state index contributed by atoms with van der Waals surface area (Å²) in [4.78, 5) is 0. The fraction of sp³-hybridized carbons (Fsp3) is 1.00. The molecule has 2 unspecified atom stereocenters. The van der Waals surface area contributed by atoms with Crippen LogP contribution >= 0.6 is 0 Å². The Bertz CT molecular complexity index is 407. The molecule has 0 aromatic rings. The number of fused-ring (bicyclic) bond motifs is 1. The molecule has 2 aliphatic heterocycles. The van der Waals surface area contributed by atoms with Crippen LogP contribution in [0.25, 0.3) is 0 Å². The third-order valence-corrected chi connectivity index (χ3v) is 5.48. The Labute approximate surface area is 177 Å². The van der Waals surface area contributed by atoms with Gasteiger partial charge in [-0.25, -0.2) is 0 Å². The van der Waals surface area contributed by atoms with Gasteiger partial charge in [0.1, 0.15) is 30.5 Å². The minimum Gasteiger partial charge on any atom is -0.379 e. The lowest BCUT2D eigenvalue weighted by Crippen LogP contribution is -2.51. The third kappa shape index (κ3) is 8.42. The van der Waals surface area contributed by atoms with E-state index in [2.05, 4.69) is 27.7 Å². The van der Waals surface area contributed by atoms with E-state index in [9.17, 15) is 0 Å². The van der Waals surface area contributed by atoms with Gasteiger partial charge in [0.05, 0.1) is 6.61 Å². The predicted octanol–water partition coefficient (Wildman–Crippen LogP) is 4.48. The molecule has 0 radical (unpaired) electrons.